The Balaban J connectivity index is 2.78. The van der Waals surface area contributed by atoms with Gasteiger partial charge in [-0.15, -0.1) is 0 Å². The van der Waals surface area contributed by atoms with Crippen LogP contribution in [0.1, 0.15) is 6.92 Å². The highest BCUT2D eigenvalue weighted by Gasteiger charge is 2.18. The summed E-state index contributed by atoms with van der Waals surface area (Å²) in [6.07, 6.45) is 0. The van der Waals surface area contributed by atoms with Crippen LogP contribution in [0.5, 0.6) is 0 Å². The molecule has 2 N–H and O–H groups in total. The molecule has 0 radical (unpaired) electrons. The molecule has 10 heteroatoms. The summed E-state index contributed by atoms with van der Waals surface area (Å²) >= 11 is 0. The number of carboxylic acids is 2. The first-order chi connectivity index (χ1) is 12.4. The summed E-state index contributed by atoms with van der Waals surface area (Å²) < 4.78 is 4.83. The summed E-state index contributed by atoms with van der Waals surface area (Å²) in [5.74, 6) is -1.74. The van der Waals surface area contributed by atoms with Crippen molar-refractivity contribution in [3.63, 3.8) is 0 Å². The largest absolute Gasteiger partial charge is 0.480 e. The highest BCUT2D eigenvalue weighted by Crippen LogP contribution is 2.01. The van der Waals surface area contributed by atoms with Crippen LogP contribution in [0.15, 0.2) is 0 Å². The van der Waals surface area contributed by atoms with E-state index in [9.17, 15) is 14.4 Å². The fourth-order valence-corrected chi connectivity index (χ4v) is 2.86. The van der Waals surface area contributed by atoms with Gasteiger partial charge in [0.05, 0.1) is 13.1 Å². The van der Waals surface area contributed by atoms with Gasteiger partial charge in [-0.3, -0.25) is 29.1 Å². The number of carboxylic acid groups (broad SMARTS) is 2. The van der Waals surface area contributed by atoms with Gasteiger partial charge < -0.3 is 19.8 Å². The Morgan fingerprint density at radius 1 is 0.808 bits per heavy atom. The summed E-state index contributed by atoms with van der Waals surface area (Å²) in [6, 6.07) is 0. The van der Waals surface area contributed by atoms with Gasteiger partial charge in [-0.2, -0.15) is 0 Å². The van der Waals surface area contributed by atoms with Crippen LogP contribution < -0.4 is 0 Å². The summed E-state index contributed by atoms with van der Waals surface area (Å²) in [5.41, 5.74) is 0. The molecule has 1 heterocycles. The van der Waals surface area contributed by atoms with E-state index in [1.807, 2.05) is 21.6 Å². The van der Waals surface area contributed by atoms with Crippen molar-refractivity contribution in [3.05, 3.63) is 0 Å². The van der Waals surface area contributed by atoms with Crippen LogP contribution in [-0.2, 0) is 19.1 Å². The Labute approximate surface area is 153 Å². The van der Waals surface area contributed by atoms with Crippen LogP contribution in [-0.4, -0.2) is 127 Å². The standard InChI is InChI=1S/C16H30N4O6/c1-2-17-3-5-18(11-15(22)23)7-9-20(13-26-14-21)10-8-19(6-4-17)12-16(24)25/h14H,2-13H2,1H3,(H,22,23)(H,24,25). The molecule has 1 saturated heterocycles. The van der Waals surface area contributed by atoms with E-state index in [-0.39, 0.29) is 19.8 Å². The third kappa shape index (κ3) is 9.66. The molecule has 0 unspecified atom stereocenters. The van der Waals surface area contributed by atoms with Crippen molar-refractivity contribution in [2.75, 3.05) is 78.7 Å². The smallest absolute Gasteiger partial charge is 0.317 e. The first kappa shape index (κ1) is 22.3. The van der Waals surface area contributed by atoms with Gasteiger partial charge in [0, 0.05) is 52.4 Å². The number of carbonyl (C=O) groups is 3. The van der Waals surface area contributed by atoms with E-state index >= 15 is 0 Å². The van der Waals surface area contributed by atoms with Crippen LogP contribution >= 0.6 is 0 Å². The van der Waals surface area contributed by atoms with Crippen molar-refractivity contribution in [2.24, 2.45) is 0 Å². The number of nitrogens with zero attached hydrogens (tertiary/aromatic N) is 4. The predicted molar refractivity (Wildman–Crippen MR) is 93.9 cm³/mol. The molecule has 150 valence electrons. The third-order valence-corrected chi connectivity index (χ3v) is 4.42. The number of likely N-dealkylation sites (N-methyl/N-ethyl adjacent to an activating group) is 1. The molecule has 0 aromatic rings. The first-order valence-corrected chi connectivity index (χ1v) is 8.82. The summed E-state index contributed by atoms with van der Waals surface area (Å²) in [4.78, 5) is 40.5. The van der Waals surface area contributed by atoms with E-state index in [0.29, 0.717) is 45.7 Å². The van der Waals surface area contributed by atoms with E-state index < -0.39 is 11.9 Å². The van der Waals surface area contributed by atoms with Crippen LogP contribution in [0.25, 0.3) is 0 Å². The molecule has 0 saturated carbocycles. The molecule has 0 aromatic carbocycles. The van der Waals surface area contributed by atoms with Crippen molar-refractivity contribution in [1.82, 2.24) is 19.6 Å². The lowest BCUT2D eigenvalue weighted by molar-refractivity contribution is -0.139. The Kier molecular flexibility index (Phi) is 10.8. The van der Waals surface area contributed by atoms with E-state index in [2.05, 4.69) is 4.90 Å². The molecular formula is C16H30N4O6. The minimum Gasteiger partial charge on any atom is -0.480 e. The van der Waals surface area contributed by atoms with Gasteiger partial charge in [0.1, 0.15) is 6.73 Å². The monoisotopic (exact) mass is 374 g/mol. The van der Waals surface area contributed by atoms with Gasteiger partial charge in [0.15, 0.2) is 0 Å². The average molecular weight is 374 g/mol. The second kappa shape index (κ2) is 12.6. The quantitative estimate of drug-likeness (QED) is 0.488. The van der Waals surface area contributed by atoms with Gasteiger partial charge in [0.2, 0.25) is 0 Å². The highest BCUT2D eigenvalue weighted by atomic mass is 16.5. The zero-order valence-electron chi connectivity index (χ0n) is 15.4. The molecule has 0 spiro atoms. The fourth-order valence-electron chi connectivity index (χ4n) is 2.86. The maximum atomic E-state index is 11.1. The Bertz CT molecular complexity index is 418. The lowest BCUT2D eigenvalue weighted by atomic mass is 10.3. The van der Waals surface area contributed by atoms with Gasteiger partial charge in [-0.25, -0.2) is 0 Å². The van der Waals surface area contributed by atoms with E-state index in [0.717, 1.165) is 19.6 Å². The minimum absolute atomic E-state index is 0.0366. The van der Waals surface area contributed by atoms with Gasteiger partial charge in [0.25, 0.3) is 6.47 Å². The van der Waals surface area contributed by atoms with Crippen LogP contribution in [0.3, 0.4) is 0 Å². The first-order valence-electron chi connectivity index (χ1n) is 8.82. The van der Waals surface area contributed by atoms with Crippen molar-refractivity contribution in [2.45, 2.75) is 6.92 Å². The molecule has 10 nitrogen and oxygen atoms in total. The molecule has 0 bridgehead atoms. The minimum atomic E-state index is -0.872. The molecule has 0 amide bonds. The van der Waals surface area contributed by atoms with Crippen LogP contribution in [0.4, 0.5) is 0 Å². The molecule has 0 aromatic heterocycles. The second-order valence-corrected chi connectivity index (χ2v) is 6.28. The Morgan fingerprint density at radius 3 is 1.54 bits per heavy atom. The summed E-state index contributed by atoms with van der Waals surface area (Å²) in [6.45, 7) is 8.06. The molecule has 1 aliphatic heterocycles. The van der Waals surface area contributed by atoms with Gasteiger partial charge >= 0.3 is 11.9 Å². The van der Waals surface area contributed by atoms with Gasteiger partial charge in [-0.05, 0) is 6.54 Å². The van der Waals surface area contributed by atoms with E-state index in [1.54, 1.807) is 0 Å². The third-order valence-electron chi connectivity index (χ3n) is 4.42. The lowest BCUT2D eigenvalue weighted by Crippen LogP contribution is -2.47. The van der Waals surface area contributed by atoms with Crippen molar-refractivity contribution >= 4 is 18.4 Å². The molecule has 1 aliphatic rings. The van der Waals surface area contributed by atoms with Crippen molar-refractivity contribution < 1.29 is 29.3 Å². The fraction of sp³-hybridized carbons (Fsp3) is 0.812. The lowest BCUT2D eigenvalue weighted by Gasteiger charge is -2.32. The topological polar surface area (TPSA) is 114 Å². The molecular weight excluding hydrogens is 344 g/mol. The number of hydrogen-bond donors (Lipinski definition) is 2. The predicted octanol–water partition coefficient (Wildman–Crippen LogP) is -1.47. The zero-order chi connectivity index (χ0) is 19.4. The normalized spacial score (nSPS) is 20.0. The average Bonchev–Trinajstić information content (AvgIpc) is 2.58. The second-order valence-electron chi connectivity index (χ2n) is 6.28. The zero-order valence-corrected chi connectivity index (χ0v) is 15.4. The highest BCUT2D eigenvalue weighted by molar-refractivity contribution is 5.69. The maximum Gasteiger partial charge on any atom is 0.317 e. The van der Waals surface area contributed by atoms with Crippen LogP contribution in [0, 0.1) is 0 Å². The Morgan fingerprint density at radius 2 is 1.19 bits per heavy atom. The molecule has 0 atom stereocenters. The van der Waals surface area contributed by atoms with E-state index in [1.165, 1.54) is 0 Å². The van der Waals surface area contributed by atoms with Crippen LogP contribution in [0.2, 0.25) is 0 Å². The van der Waals surface area contributed by atoms with E-state index in [4.69, 9.17) is 14.9 Å². The van der Waals surface area contributed by atoms with Gasteiger partial charge in [-0.1, -0.05) is 6.92 Å². The maximum absolute atomic E-state index is 11.1. The molecule has 26 heavy (non-hydrogen) atoms. The SMILES string of the molecule is CCN1CCN(CC(=O)O)CCN(COC=O)CCN(CC(=O)O)CC1. The molecule has 1 fully saturated rings. The summed E-state index contributed by atoms with van der Waals surface area (Å²) in [5, 5.41) is 18.2. The number of aliphatic carboxylic acids is 2. The number of rotatable bonds is 8. The molecule has 0 aliphatic carbocycles. The molecule has 1 rings (SSSR count). The Hall–Kier alpha value is -1.75. The van der Waals surface area contributed by atoms with Crippen molar-refractivity contribution in [3.8, 4) is 0 Å². The number of hydrogen-bond acceptors (Lipinski definition) is 8. The number of carbonyl (C=O) groups excluding carboxylic acids is 1. The van der Waals surface area contributed by atoms with Crippen molar-refractivity contribution in [1.29, 1.82) is 0 Å². The summed E-state index contributed by atoms with van der Waals surface area (Å²) in [7, 11) is 0. The number of ether oxygens (including phenoxy) is 1.